The van der Waals surface area contributed by atoms with E-state index in [4.69, 9.17) is 23.2 Å². The van der Waals surface area contributed by atoms with Gasteiger partial charge >= 0.3 is 0 Å². The van der Waals surface area contributed by atoms with Gasteiger partial charge in [-0.3, -0.25) is 9.10 Å². The number of amides is 1. The van der Waals surface area contributed by atoms with Gasteiger partial charge in [-0.1, -0.05) is 48.5 Å². The lowest BCUT2D eigenvalue weighted by molar-refractivity contribution is 0.0943. The van der Waals surface area contributed by atoms with Crippen molar-refractivity contribution >= 4 is 44.8 Å². The quantitative estimate of drug-likeness (QED) is 0.601. The number of carbonyl (C=O) groups is 1. The molecule has 162 valence electrons. The molecular weight excluding hydrogens is 443 g/mol. The van der Waals surface area contributed by atoms with Crippen molar-refractivity contribution in [2.45, 2.75) is 38.6 Å². The van der Waals surface area contributed by atoms with Crippen LogP contribution < -0.4 is 9.62 Å². The van der Waals surface area contributed by atoms with E-state index in [-0.39, 0.29) is 12.5 Å². The number of rotatable bonds is 7. The normalized spacial score (nSPS) is 15.0. The van der Waals surface area contributed by atoms with Crippen LogP contribution in [0, 0.1) is 5.92 Å². The summed E-state index contributed by atoms with van der Waals surface area (Å²) in [5.74, 6) is 0.398. The molecule has 0 radical (unpaired) electrons. The standard InChI is InChI=1S/C22H26Cl2N2O3S/c1-30(28,29)26(15-19-20(23)8-5-9-21(19)24)18-12-10-17(11-13-18)22(27)25-14-16-6-3-2-4-7-16/h5,8-13,16H,2-4,6-7,14-15H2,1H3,(H,25,27). The Morgan fingerprint density at radius 1 is 1.03 bits per heavy atom. The topological polar surface area (TPSA) is 66.5 Å². The van der Waals surface area contributed by atoms with Crippen molar-refractivity contribution in [2.24, 2.45) is 5.92 Å². The molecular formula is C22H26Cl2N2O3S. The van der Waals surface area contributed by atoms with E-state index in [0.29, 0.717) is 39.3 Å². The maximum atomic E-state index is 12.5. The number of nitrogens with one attached hydrogen (secondary N) is 1. The molecule has 0 heterocycles. The number of halogens is 2. The minimum Gasteiger partial charge on any atom is -0.352 e. The zero-order chi connectivity index (χ0) is 21.7. The Balaban J connectivity index is 1.73. The third-order valence-corrected chi connectivity index (χ3v) is 7.31. The number of sulfonamides is 1. The highest BCUT2D eigenvalue weighted by Gasteiger charge is 2.21. The molecule has 1 aliphatic carbocycles. The number of hydrogen-bond donors (Lipinski definition) is 1. The number of hydrogen-bond acceptors (Lipinski definition) is 3. The van der Waals surface area contributed by atoms with Gasteiger partial charge in [0.2, 0.25) is 10.0 Å². The Labute approximate surface area is 188 Å². The van der Waals surface area contributed by atoms with Gasteiger partial charge in [0.1, 0.15) is 0 Å². The third kappa shape index (κ3) is 5.90. The summed E-state index contributed by atoms with van der Waals surface area (Å²) in [5, 5.41) is 3.79. The number of carbonyl (C=O) groups excluding carboxylic acids is 1. The number of benzene rings is 2. The summed E-state index contributed by atoms with van der Waals surface area (Å²) in [5.41, 5.74) is 1.47. The van der Waals surface area contributed by atoms with Crippen LogP contribution in [0.3, 0.4) is 0 Å². The smallest absolute Gasteiger partial charge is 0.251 e. The molecule has 0 unspecified atom stereocenters. The van der Waals surface area contributed by atoms with Crippen LogP contribution in [0.2, 0.25) is 10.0 Å². The molecule has 1 saturated carbocycles. The summed E-state index contributed by atoms with van der Waals surface area (Å²) in [6, 6.07) is 11.6. The van der Waals surface area contributed by atoms with Crippen molar-refractivity contribution in [1.82, 2.24) is 5.32 Å². The van der Waals surface area contributed by atoms with Crippen molar-refractivity contribution in [3.8, 4) is 0 Å². The van der Waals surface area contributed by atoms with Gasteiger partial charge in [0.05, 0.1) is 18.5 Å². The highest BCUT2D eigenvalue weighted by atomic mass is 35.5. The maximum absolute atomic E-state index is 12.5. The lowest BCUT2D eigenvalue weighted by Crippen LogP contribution is -2.31. The number of anilines is 1. The molecule has 30 heavy (non-hydrogen) atoms. The van der Waals surface area contributed by atoms with Crippen LogP contribution in [0.15, 0.2) is 42.5 Å². The first-order valence-electron chi connectivity index (χ1n) is 10.0. The summed E-state index contributed by atoms with van der Waals surface area (Å²) in [6.07, 6.45) is 7.18. The summed E-state index contributed by atoms with van der Waals surface area (Å²) in [6.45, 7) is 0.686. The molecule has 0 aromatic heterocycles. The predicted octanol–water partition coefficient (Wildman–Crippen LogP) is 5.27. The van der Waals surface area contributed by atoms with E-state index in [1.165, 1.54) is 23.6 Å². The molecule has 0 aliphatic heterocycles. The Morgan fingerprint density at radius 2 is 1.63 bits per heavy atom. The van der Waals surface area contributed by atoms with Crippen LogP contribution >= 0.6 is 23.2 Å². The highest BCUT2D eigenvalue weighted by molar-refractivity contribution is 7.92. The summed E-state index contributed by atoms with van der Waals surface area (Å²) in [4.78, 5) is 12.5. The van der Waals surface area contributed by atoms with Crippen LogP contribution in [0.25, 0.3) is 0 Å². The van der Waals surface area contributed by atoms with Gasteiger partial charge in [-0.25, -0.2) is 8.42 Å². The van der Waals surface area contributed by atoms with E-state index in [2.05, 4.69) is 5.32 Å². The van der Waals surface area contributed by atoms with Crippen molar-refractivity contribution in [3.05, 3.63) is 63.6 Å². The molecule has 1 amide bonds. The molecule has 0 spiro atoms. The van der Waals surface area contributed by atoms with E-state index in [9.17, 15) is 13.2 Å². The summed E-state index contributed by atoms with van der Waals surface area (Å²) in [7, 11) is -3.59. The van der Waals surface area contributed by atoms with E-state index in [1.807, 2.05) is 0 Å². The molecule has 1 fully saturated rings. The van der Waals surface area contributed by atoms with Crippen molar-refractivity contribution in [1.29, 1.82) is 0 Å². The van der Waals surface area contributed by atoms with E-state index in [0.717, 1.165) is 19.1 Å². The fourth-order valence-corrected chi connectivity index (χ4v) is 5.12. The first kappa shape index (κ1) is 22.9. The lowest BCUT2D eigenvalue weighted by Gasteiger charge is -2.24. The largest absolute Gasteiger partial charge is 0.352 e. The third-order valence-electron chi connectivity index (χ3n) is 5.46. The van der Waals surface area contributed by atoms with Gasteiger partial charge in [0, 0.05) is 27.7 Å². The Bertz CT molecular complexity index is 968. The van der Waals surface area contributed by atoms with Gasteiger partial charge in [-0.15, -0.1) is 0 Å². The van der Waals surface area contributed by atoms with Crippen LogP contribution in [0.1, 0.15) is 48.0 Å². The maximum Gasteiger partial charge on any atom is 0.251 e. The first-order valence-corrected chi connectivity index (χ1v) is 12.6. The number of nitrogens with zero attached hydrogens (tertiary/aromatic N) is 1. The molecule has 3 rings (SSSR count). The second-order valence-corrected chi connectivity index (χ2v) is 10.5. The first-order chi connectivity index (χ1) is 14.3. The predicted molar refractivity (Wildman–Crippen MR) is 123 cm³/mol. The molecule has 1 N–H and O–H groups in total. The van der Waals surface area contributed by atoms with Gasteiger partial charge in [0.15, 0.2) is 0 Å². The minimum atomic E-state index is -3.59. The zero-order valence-electron chi connectivity index (χ0n) is 16.9. The molecule has 2 aromatic rings. The second-order valence-electron chi connectivity index (χ2n) is 7.73. The fourth-order valence-electron chi connectivity index (χ4n) is 3.74. The minimum absolute atomic E-state index is 0.00453. The van der Waals surface area contributed by atoms with Crippen molar-refractivity contribution in [3.63, 3.8) is 0 Å². The van der Waals surface area contributed by atoms with E-state index >= 15 is 0 Å². The van der Waals surface area contributed by atoms with E-state index in [1.54, 1.807) is 42.5 Å². The van der Waals surface area contributed by atoms with Crippen molar-refractivity contribution in [2.75, 3.05) is 17.1 Å². The molecule has 8 heteroatoms. The Morgan fingerprint density at radius 3 is 2.20 bits per heavy atom. The zero-order valence-corrected chi connectivity index (χ0v) is 19.2. The van der Waals surface area contributed by atoms with Gasteiger partial charge in [-0.2, -0.15) is 0 Å². The van der Waals surface area contributed by atoms with Gasteiger partial charge in [0.25, 0.3) is 5.91 Å². The Hall–Kier alpha value is -1.76. The molecule has 5 nitrogen and oxygen atoms in total. The van der Waals surface area contributed by atoms with Crippen LogP contribution in [-0.4, -0.2) is 27.1 Å². The molecule has 1 aliphatic rings. The lowest BCUT2D eigenvalue weighted by atomic mass is 9.89. The molecule has 0 bridgehead atoms. The Kier molecular flexibility index (Phi) is 7.66. The second kappa shape index (κ2) is 10.0. The molecule has 0 saturated heterocycles. The SMILES string of the molecule is CS(=O)(=O)N(Cc1c(Cl)cccc1Cl)c1ccc(C(=O)NCC2CCCCC2)cc1. The average Bonchev–Trinajstić information content (AvgIpc) is 2.72. The average molecular weight is 469 g/mol. The highest BCUT2D eigenvalue weighted by Crippen LogP contribution is 2.29. The van der Waals surface area contributed by atoms with Crippen LogP contribution in [-0.2, 0) is 16.6 Å². The fraction of sp³-hybridized carbons (Fsp3) is 0.409. The monoisotopic (exact) mass is 468 g/mol. The van der Waals surface area contributed by atoms with Gasteiger partial charge in [-0.05, 0) is 55.2 Å². The summed E-state index contributed by atoms with van der Waals surface area (Å²) >= 11 is 12.4. The molecule has 0 atom stereocenters. The van der Waals surface area contributed by atoms with Gasteiger partial charge < -0.3 is 5.32 Å². The summed E-state index contributed by atoms with van der Waals surface area (Å²) < 4.78 is 26.1. The van der Waals surface area contributed by atoms with Crippen LogP contribution in [0.5, 0.6) is 0 Å². The molecule has 2 aromatic carbocycles. The van der Waals surface area contributed by atoms with E-state index < -0.39 is 10.0 Å². The van der Waals surface area contributed by atoms with Crippen molar-refractivity contribution < 1.29 is 13.2 Å². The van der Waals surface area contributed by atoms with Crippen LogP contribution in [0.4, 0.5) is 5.69 Å².